The van der Waals surface area contributed by atoms with Crippen LogP contribution in [0.5, 0.6) is 0 Å². The van der Waals surface area contributed by atoms with E-state index in [1.807, 2.05) is 0 Å². The summed E-state index contributed by atoms with van der Waals surface area (Å²) in [7, 11) is 0. The molecule has 2 bridgehead atoms. The molecule has 24 heavy (non-hydrogen) atoms. The van der Waals surface area contributed by atoms with Gasteiger partial charge in [0.1, 0.15) is 5.69 Å². The molecule has 0 radical (unpaired) electrons. The molecule has 8 nitrogen and oxygen atoms in total. The summed E-state index contributed by atoms with van der Waals surface area (Å²) in [6.07, 6.45) is 0. The molecule has 8 heteroatoms. The monoisotopic (exact) mass is 326 g/mol. The van der Waals surface area contributed by atoms with Gasteiger partial charge >= 0.3 is 5.69 Å². The van der Waals surface area contributed by atoms with Crippen molar-refractivity contribution in [2.24, 2.45) is 51.9 Å². The van der Waals surface area contributed by atoms with Gasteiger partial charge in [0, 0.05) is 23.6 Å². The summed E-state index contributed by atoms with van der Waals surface area (Å²) in [6.45, 7) is 2.41. The number of anilines is 1. The van der Waals surface area contributed by atoms with Crippen molar-refractivity contribution in [2.75, 3.05) is 5.43 Å². The van der Waals surface area contributed by atoms with Crippen LogP contribution in [-0.4, -0.2) is 15.6 Å². The van der Waals surface area contributed by atoms with Gasteiger partial charge in [-0.2, -0.15) is 5.10 Å². The predicted octanol–water partition coefficient (Wildman–Crippen LogP) is 2.66. The summed E-state index contributed by atoms with van der Waals surface area (Å²) in [5.74, 6) is 5.26. The number of nitrogens with one attached hydrogen (secondary N) is 1. The number of benzene rings is 1. The summed E-state index contributed by atoms with van der Waals surface area (Å²) in [4.78, 5) is 20.7. The standard InChI is InChI=1S/C16H14N4O4/c1-16-12-9-8-10(12)14(16)11(13(9)16)15(8)18-17-6-3-2-5(19(21)22)4-7(6)20(23)24/h2-4,8-14,17H,1H3/b18-15+/t8?,9-,10+,11?,12?,13-,14-,16?/m0/s1. The van der Waals surface area contributed by atoms with Crippen molar-refractivity contribution in [1.29, 1.82) is 0 Å². The SMILES string of the molecule is CC12C3[C@H]4C5/C(=N\Nc6ccc([N+](=O)[O-])cc6[N+](=O)[O-])C([C@H]41)[C@@H]2[C@@H]53. The first-order valence-electron chi connectivity index (χ1n) is 8.22. The first-order chi connectivity index (χ1) is 11.5. The molecule has 1 N–H and O–H groups in total. The zero-order chi connectivity index (χ0) is 16.5. The minimum Gasteiger partial charge on any atom is -0.272 e. The topological polar surface area (TPSA) is 111 Å². The van der Waals surface area contributed by atoms with E-state index in [-0.39, 0.29) is 17.1 Å². The highest BCUT2D eigenvalue weighted by molar-refractivity contribution is 6.00. The van der Waals surface area contributed by atoms with Crippen LogP contribution in [0.3, 0.4) is 0 Å². The Labute approximate surface area is 136 Å². The summed E-state index contributed by atoms with van der Waals surface area (Å²) in [5.41, 5.74) is 4.21. The van der Waals surface area contributed by atoms with Gasteiger partial charge in [-0.15, -0.1) is 0 Å². The molecule has 0 spiro atoms. The molecule has 0 heterocycles. The first kappa shape index (κ1) is 12.9. The van der Waals surface area contributed by atoms with Crippen LogP contribution in [-0.2, 0) is 0 Å². The second-order valence-corrected chi connectivity index (χ2v) is 8.01. The van der Waals surface area contributed by atoms with E-state index in [2.05, 4.69) is 17.5 Å². The summed E-state index contributed by atoms with van der Waals surface area (Å²) >= 11 is 0. The van der Waals surface area contributed by atoms with E-state index in [0.29, 0.717) is 17.3 Å². The number of nitro benzene ring substituents is 2. The molecule has 6 fully saturated rings. The van der Waals surface area contributed by atoms with Gasteiger partial charge in [0.2, 0.25) is 0 Å². The lowest BCUT2D eigenvalue weighted by atomic mass is 9.14. The lowest BCUT2D eigenvalue weighted by molar-refractivity contribution is -0.440. The second-order valence-electron chi connectivity index (χ2n) is 8.01. The molecule has 0 amide bonds. The molecule has 4 unspecified atom stereocenters. The fourth-order valence-electron chi connectivity index (χ4n) is 7.29. The molecular weight excluding hydrogens is 312 g/mol. The van der Waals surface area contributed by atoms with E-state index < -0.39 is 9.85 Å². The highest BCUT2D eigenvalue weighted by atomic mass is 16.6. The predicted molar refractivity (Wildman–Crippen MR) is 83.3 cm³/mol. The Bertz CT molecular complexity index is 876. The van der Waals surface area contributed by atoms with Gasteiger partial charge in [0.25, 0.3) is 5.69 Å². The number of nitro groups is 2. The molecular formula is C16H14N4O4. The molecule has 1 aromatic carbocycles. The van der Waals surface area contributed by atoms with Crippen molar-refractivity contribution in [3.8, 4) is 0 Å². The van der Waals surface area contributed by atoms with Crippen molar-refractivity contribution >= 4 is 22.8 Å². The smallest absolute Gasteiger partial charge is 0.272 e. The summed E-state index contributed by atoms with van der Waals surface area (Å²) < 4.78 is 0. The average Bonchev–Trinajstić information content (AvgIpc) is 2.75. The maximum Gasteiger partial charge on any atom is 0.301 e. The van der Waals surface area contributed by atoms with Gasteiger partial charge < -0.3 is 0 Å². The van der Waals surface area contributed by atoms with Gasteiger partial charge in [-0.05, 0) is 41.1 Å². The minimum absolute atomic E-state index is 0.213. The van der Waals surface area contributed by atoms with Crippen molar-refractivity contribution < 1.29 is 9.85 Å². The molecule has 8 atom stereocenters. The molecule has 7 rings (SSSR count). The fraction of sp³-hybridized carbons (Fsp3) is 0.562. The Morgan fingerprint density at radius 3 is 2.38 bits per heavy atom. The molecule has 0 aliphatic heterocycles. The van der Waals surface area contributed by atoms with Gasteiger partial charge in [-0.25, -0.2) is 0 Å². The normalized spacial score (nSPS) is 48.7. The van der Waals surface area contributed by atoms with Crippen LogP contribution < -0.4 is 5.43 Å². The quantitative estimate of drug-likeness (QED) is 0.675. The second kappa shape index (κ2) is 3.45. The number of hydrazone groups is 1. The number of non-ortho nitro benzene ring substituents is 1. The van der Waals surface area contributed by atoms with E-state index in [1.54, 1.807) is 0 Å². The summed E-state index contributed by atoms with van der Waals surface area (Å²) in [6, 6.07) is 3.61. The van der Waals surface area contributed by atoms with Crippen LogP contribution in [0.4, 0.5) is 17.1 Å². The van der Waals surface area contributed by atoms with Crippen molar-refractivity contribution in [1.82, 2.24) is 0 Å². The van der Waals surface area contributed by atoms with Crippen LogP contribution >= 0.6 is 0 Å². The Morgan fingerprint density at radius 2 is 1.79 bits per heavy atom. The van der Waals surface area contributed by atoms with Crippen molar-refractivity contribution in [3.63, 3.8) is 0 Å². The number of nitrogens with zero attached hydrogens (tertiary/aromatic N) is 3. The van der Waals surface area contributed by atoms with Gasteiger partial charge in [-0.3, -0.25) is 25.7 Å². The third kappa shape index (κ3) is 1.00. The van der Waals surface area contributed by atoms with Crippen LogP contribution in [0.25, 0.3) is 0 Å². The third-order valence-electron chi connectivity index (χ3n) is 7.79. The Morgan fingerprint density at radius 1 is 1.08 bits per heavy atom. The molecule has 1 aromatic rings. The van der Waals surface area contributed by atoms with Crippen LogP contribution in [0.1, 0.15) is 6.92 Å². The number of hydrogen-bond acceptors (Lipinski definition) is 6. The van der Waals surface area contributed by atoms with E-state index in [0.717, 1.165) is 35.7 Å². The van der Waals surface area contributed by atoms with E-state index in [9.17, 15) is 20.2 Å². The van der Waals surface area contributed by atoms with Gasteiger partial charge in [-0.1, -0.05) is 6.92 Å². The van der Waals surface area contributed by atoms with Crippen LogP contribution in [0, 0.1) is 67.1 Å². The Balaban J connectivity index is 1.32. The first-order valence-corrected chi connectivity index (χ1v) is 8.22. The molecule has 0 aromatic heterocycles. The number of rotatable bonds is 4. The van der Waals surface area contributed by atoms with Gasteiger partial charge in [0.05, 0.1) is 15.9 Å². The molecule has 0 saturated heterocycles. The largest absolute Gasteiger partial charge is 0.301 e. The van der Waals surface area contributed by atoms with Crippen molar-refractivity contribution in [2.45, 2.75) is 6.92 Å². The summed E-state index contributed by atoms with van der Waals surface area (Å²) in [5, 5.41) is 26.5. The highest BCUT2D eigenvalue weighted by Crippen LogP contribution is 2.98. The van der Waals surface area contributed by atoms with Crippen molar-refractivity contribution in [3.05, 3.63) is 38.4 Å². The van der Waals surface area contributed by atoms with Crippen LogP contribution in [0.2, 0.25) is 0 Å². The van der Waals surface area contributed by atoms with Gasteiger partial charge in [0.15, 0.2) is 0 Å². The molecule has 6 aliphatic rings. The Hall–Kier alpha value is -2.51. The third-order valence-corrected chi connectivity index (χ3v) is 7.79. The fourth-order valence-corrected chi connectivity index (χ4v) is 7.29. The highest BCUT2D eigenvalue weighted by Gasteiger charge is 2.98. The maximum absolute atomic E-state index is 11.2. The minimum atomic E-state index is -0.635. The zero-order valence-electron chi connectivity index (χ0n) is 12.7. The average molecular weight is 326 g/mol. The maximum atomic E-state index is 11.2. The van der Waals surface area contributed by atoms with E-state index in [4.69, 9.17) is 0 Å². The zero-order valence-corrected chi connectivity index (χ0v) is 12.7. The number of hydrogen-bond donors (Lipinski definition) is 1. The molecule has 122 valence electrons. The lowest BCUT2D eigenvalue weighted by Crippen LogP contribution is -2.87. The van der Waals surface area contributed by atoms with E-state index >= 15 is 0 Å². The van der Waals surface area contributed by atoms with Crippen LogP contribution in [0.15, 0.2) is 23.3 Å². The molecule has 6 aliphatic carbocycles. The Kier molecular flexibility index (Phi) is 1.85. The lowest BCUT2D eigenvalue weighted by Gasteiger charge is -2.90. The van der Waals surface area contributed by atoms with E-state index in [1.165, 1.54) is 17.8 Å². The molecule has 6 saturated carbocycles.